The van der Waals surface area contributed by atoms with E-state index in [1.54, 1.807) is 0 Å². The second kappa shape index (κ2) is 4.24. The zero-order valence-corrected chi connectivity index (χ0v) is 7.76. The molecule has 0 heterocycles. The highest BCUT2D eigenvalue weighted by Gasteiger charge is 1.95. The van der Waals surface area contributed by atoms with Crippen molar-refractivity contribution in [3.8, 4) is 0 Å². The Morgan fingerprint density at radius 2 is 1.67 bits per heavy atom. The van der Waals surface area contributed by atoms with E-state index in [2.05, 4.69) is 36.9 Å². The summed E-state index contributed by atoms with van der Waals surface area (Å²) in [6.07, 6.45) is 0. The quantitative estimate of drug-likeness (QED) is 0.507. The molecular formula is C10H14O2. The van der Waals surface area contributed by atoms with Crippen molar-refractivity contribution in [1.29, 1.82) is 0 Å². The average Bonchev–Trinajstić information content (AvgIpc) is 1.99. The van der Waals surface area contributed by atoms with E-state index in [1.807, 2.05) is 0 Å². The van der Waals surface area contributed by atoms with Gasteiger partial charge in [-0.15, -0.1) is 0 Å². The fourth-order valence-corrected chi connectivity index (χ4v) is 1.28. The van der Waals surface area contributed by atoms with Gasteiger partial charge < -0.3 is 0 Å². The SMILES string of the molecule is COOCc1cc(C)cc(C)c1. The molecule has 0 amide bonds. The second-order valence-corrected chi connectivity index (χ2v) is 2.92. The van der Waals surface area contributed by atoms with Crippen molar-refractivity contribution >= 4 is 0 Å². The van der Waals surface area contributed by atoms with Crippen LogP contribution < -0.4 is 0 Å². The number of benzene rings is 1. The Labute approximate surface area is 73.0 Å². The first-order valence-electron chi connectivity index (χ1n) is 3.95. The number of rotatable bonds is 3. The smallest absolute Gasteiger partial charge is 0.107 e. The zero-order valence-electron chi connectivity index (χ0n) is 7.76. The monoisotopic (exact) mass is 166 g/mol. The molecule has 66 valence electrons. The van der Waals surface area contributed by atoms with E-state index in [0.717, 1.165) is 5.56 Å². The molecule has 0 atom stereocenters. The summed E-state index contributed by atoms with van der Waals surface area (Å²) in [7, 11) is 1.52. The van der Waals surface area contributed by atoms with E-state index in [-0.39, 0.29) is 0 Å². The molecule has 2 heteroatoms. The van der Waals surface area contributed by atoms with Gasteiger partial charge in [0.1, 0.15) is 6.61 Å². The van der Waals surface area contributed by atoms with Crippen LogP contribution in [0.2, 0.25) is 0 Å². The normalized spacial score (nSPS) is 10.2. The summed E-state index contributed by atoms with van der Waals surface area (Å²) < 4.78 is 0. The maximum Gasteiger partial charge on any atom is 0.107 e. The van der Waals surface area contributed by atoms with Gasteiger partial charge in [0.15, 0.2) is 0 Å². The number of hydrogen-bond acceptors (Lipinski definition) is 2. The van der Waals surface area contributed by atoms with Crippen LogP contribution >= 0.6 is 0 Å². The second-order valence-electron chi connectivity index (χ2n) is 2.92. The van der Waals surface area contributed by atoms with Gasteiger partial charge in [-0.25, -0.2) is 9.78 Å². The van der Waals surface area contributed by atoms with E-state index in [1.165, 1.54) is 18.2 Å². The molecule has 1 rings (SSSR count). The Morgan fingerprint density at radius 3 is 2.17 bits per heavy atom. The van der Waals surface area contributed by atoms with Crippen LogP contribution in [-0.2, 0) is 16.4 Å². The third-order valence-electron chi connectivity index (χ3n) is 1.62. The van der Waals surface area contributed by atoms with Crippen molar-refractivity contribution < 1.29 is 9.78 Å². The Balaban J connectivity index is 2.72. The molecule has 1 aromatic rings. The van der Waals surface area contributed by atoms with Gasteiger partial charge in [-0.05, 0) is 19.4 Å². The van der Waals surface area contributed by atoms with Crippen molar-refractivity contribution in [1.82, 2.24) is 0 Å². The van der Waals surface area contributed by atoms with Gasteiger partial charge in [-0.2, -0.15) is 0 Å². The number of aryl methyl sites for hydroxylation is 2. The third kappa shape index (κ3) is 2.64. The molecule has 0 aliphatic rings. The zero-order chi connectivity index (χ0) is 8.97. The van der Waals surface area contributed by atoms with Gasteiger partial charge in [0.25, 0.3) is 0 Å². The molecule has 0 unspecified atom stereocenters. The lowest BCUT2D eigenvalue weighted by atomic mass is 10.1. The Hall–Kier alpha value is -0.860. The fraction of sp³-hybridized carbons (Fsp3) is 0.400. The first-order chi connectivity index (χ1) is 5.72. The van der Waals surface area contributed by atoms with Crippen LogP contribution in [0.4, 0.5) is 0 Å². The lowest BCUT2D eigenvalue weighted by molar-refractivity contribution is -0.282. The molecule has 0 saturated carbocycles. The molecule has 0 saturated heterocycles. The van der Waals surface area contributed by atoms with Crippen LogP contribution in [-0.4, -0.2) is 7.11 Å². The topological polar surface area (TPSA) is 18.5 Å². The van der Waals surface area contributed by atoms with Gasteiger partial charge in [0.05, 0.1) is 7.11 Å². The first kappa shape index (κ1) is 9.23. The predicted molar refractivity (Wildman–Crippen MR) is 47.7 cm³/mol. The van der Waals surface area contributed by atoms with Crippen molar-refractivity contribution in [2.75, 3.05) is 7.11 Å². The van der Waals surface area contributed by atoms with Crippen LogP contribution in [0.1, 0.15) is 16.7 Å². The van der Waals surface area contributed by atoms with Crippen molar-refractivity contribution in [2.24, 2.45) is 0 Å². The van der Waals surface area contributed by atoms with Crippen LogP contribution in [0.25, 0.3) is 0 Å². The van der Waals surface area contributed by atoms with Crippen LogP contribution in [0.5, 0.6) is 0 Å². The molecule has 0 aliphatic carbocycles. The van der Waals surface area contributed by atoms with E-state index < -0.39 is 0 Å². The van der Waals surface area contributed by atoms with Gasteiger partial charge in [-0.3, -0.25) is 0 Å². The molecule has 0 bridgehead atoms. The Kier molecular flexibility index (Phi) is 3.26. The van der Waals surface area contributed by atoms with Crippen molar-refractivity contribution in [3.63, 3.8) is 0 Å². The highest BCUT2D eigenvalue weighted by Crippen LogP contribution is 2.09. The molecule has 0 fully saturated rings. The van der Waals surface area contributed by atoms with Crippen LogP contribution in [0, 0.1) is 13.8 Å². The molecule has 0 radical (unpaired) electrons. The predicted octanol–water partition coefficient (Wildman–Crippen LogP) is 2.38. The molecular weight excluding hydrogens is 152 g/mol. The van der Waals surface area contributed by atoms with Crippen LogP contribution in [0.15, 0.2) is 18.2 Å². The highest BCUT2D eigenvalue weighted by atomic mass is 17.2. The van der Waals surface area contributed by atoms with E-state index in [4.69, 9.17) is 4.89 Å². The maximum atomic E-state index is 4.83. The standard InChI is InChI=1S/C10H14O2/c1-8-4-9(2)6-10(5-8)7-12-11-3/h4-6H,7H2,1-3H3. The van der Waals surface area contributed by atoms with Crippen molar-refractivity contribution in [2.45, 2.75) is 20.5 Å². The molecule has 1 aromatic carbocycles. The summed E-state index contributed by atoms with van der Waals surface area (Å²) >= 11 is 0. The maximum absolute atomic E-state index is 4.83. The van der Waals surface area contributed by atoms with Gasteiger partial charge in [0.2, 0.25) is 0 Å². The molecule has 12 heavy (non-hydrogen) atoms. The third-order valence-corrected chi connectivity index (χ3v) is 1.62. The molecule has 2 nitrogen and oxygen atoms in total. The fourth-order valence-electron chi connectivity index (χ4n) is 1.28. The van der Waals surface area contributed by atoms with Crippen LogP contribution in [0.3, 0.4) is 0 Å². The largest absolute Gasteiger partial charge is 0.240 e. The van der Waals surface area contributed by atoms with E-state index in [0.29, 0.717) is 6.61 Å². The lowest BCUT2D eigenvalue weighted by Gasteiger charge is -2.03. The lowest BCUT2D eigenvalue weighted by Crippen LogP contribution is -1.92. The van der Waals surface area contributed by atoms with E-state index in [9.17, 15) is 0 Å². The van der Waals surface area contributed by atoms with Gasteiger partial charge in [-0.1, -0.05) is 29.3 Å². The summed E-state index contributed by atoms with van der Waals surface area (Å²) in [6, 6.07) is 6.31. The van der Waals surface area contributed by atoms with Gasteiger partial charge >= 0.3 is 0 Å². The Bertz CT molecular complexity index is 236. The molecule has 0 aliphatic heterocycles. The minimum atomic E-state index is 0.513. The summed E-state index contributed by atoms with van der Waals surface area (Å²) in [4.78, 5) is 9.36. The summed E-state index contributed by atoms with van der Waals surface area (Å²) in [6.45, 7) is 4.66. The highest BCUT2D eigenvalue weighted by molar-refractivity contribution is 5.27. The Morgan fingerprint density at radius 1 is 1.08 bits per heavy atom. The number of hydrogen-bond donors (Lipinski definition) is 0. The molecule has 0 aromatic heterocycles. The minimum Gasteiger partial charge on any atom is -0.240 e. The van der Waals surface area contributed by atoms with Gasteiger partial charge in [0, 0.05) is 0 Å². The molecule has 0 N–H and O–H groups in total. The average molecular weight is 166 g/mol. The molecule has 0 spiro atoms. The van der Waals surface area contributed by atoms with E-state index >= 15 is 0 Å². The first-order valence-corrected chi connectivity index (χ1v) is 3.95. The minimum absolute atomic E-state index is 0.513. The van der Waals surface area contributed by atoms with Crippen molar-refractivity contribution in [3.05, 3.63) is 34.9 Å². The summed E-state index contributed by atoms with van der Waals surface area (Å²) in [5.41, 5.74) is 3.66. The summed E-state index contributed by atoms with van der Waals surface area (Å²) in [5, 5.41) is 0. The summed E-state index contributed by atoms with van der Waals surface area (Å²) in [5.74, 6) is 0.